The van der Waals surface area contributed by atoms with E-state index in [-0.39, 0.29) is 0 Å². The van der Waals surface area contributed by atoms with Gasteiger partial charge in [-0.25, -0.2) is 0 Å². The lowest BCUT2D eigenvalue weighted by molar-refractivity contribution is -0.146. The van der Waals surface area contributed by atoms with E-state index in [0.717, 1.165) is 54.3 Å². The van der Waals surface area contributed by atoms with Crippen LogP contribution in [-0.4, -0.2) is 10.7 Å². The lowest BCUT2D eigenvalue weighted by Gasteiger charge is -2.62. The molecule has 1 N–H and O–H groups in total. The van der Waals surface area contributed by atoms with Crippen molar-refractivity contribution in [3.05, 3.63) is 0 Å². The zero-order valence-electron chi connectivity index (χ0n) is 21.9. The third-order valence-corrected chi connectivity index (χ3v) is 11.8. The Kier molecular flexibility index (Phi) is 6.96. The first-order valence-corrected chi connectivity index (χ1v) is 14.5. The van der Waals surface area contributed by atoms with E-state index in [1.165, 1.54) is 77.0 Å². The van der Waals surface area contributed by atoms with Crippen LogP contribution in [0.1, 0.15) is 131 Å². The molecule has 0 amide bonds. The summed E-state index contributed by atoms with van der Waals surface area (Å²) in [7, 11) is 0. The third kappa shape index (κ3) is 4.40. The molecule has 0 aromatic rings. The van der Waals surface area contributed by atoms with Gasteiger partial charge in [0.15, 0.2) is 0 Å². The Morgan fingerprint density at radius 3 is 2.23 bits per heavy atom. The van der Waals surface area contributed by atoms with Crippen molar-refractivity contribution in [3.63, 3.8) is 0 Å². The smallest absolute Gasteiger partial charge is 0.0622 e. The molecule has 1 nitrogen and oxygen atoms in total. The minimum atomic E-state index is -0.393. The van der Waals surface area contributed by atoms with Gasteiger partial charge in [0.2, 0.25) is 0 Å². The van der Waals surface area contributed by atoms with Gasteiger partial charge in [-0.3, -0.25) is 0 Å². The second-order valence-electron chi connectivity index (χ2n) is 13.4. The van der Waals surface area contributed by atoms with Crippen LogP contribution in [0.15, 0.2) is 0 Å². The molecule has 0 aromatic heterocycles. The first-order chi connectivity index (χ1) is 14.7. The highest BCUT2D eigenvalue weighted by Crippen LogP contribution is 2.68. The molecule has 5 aliphatic carbocycles. The lowest BCUT2D eigenvalue weighted by atomic mass is 9.44. The van der Waals surface area contributed by atoms with Crippen LogP contribution >= 0.6 is 0 Å². The minimum Gasteiger partial charge on any atom is -0.390 e. The highest BCUT2D eigenvalue weighted by molar-refractivity contribution is 5.10. The minimum absolute atomic E-state index is 0.393. The van der Waals surface area contributed by atoms with Crippen LogP contribution in [0, 0.1) is 52.3 Å². The molecule has 0 heterocycles. The highest BCUT2D eigenvalue weighted by atomic mass is 16.3. The van der Waals surface area contributed by atoms with Crippen LogP contribution in [-0.2, 0) is 0 Å². The second kappa shape index (κ2) is 8.96. The highest BCUT2D eigenvalue weighted by Gasteiger charge is 2.60. The Morgan fingerprint density at radius 1 is 0.806 bits per heavy atom. The zero-order chi connectivity index (χ0) is 22.4. The molecule has 1 heteroatoms. The summed E-state index contributed by atoms with van der Waals surface area (Å²) < 4.78 is 0. The average molecular weight is 431 g/mol. The van der Waals surface area contributed by atoms with Gasteiger partial charge in [-0.05, 0) is 136 Å². The normalized spacial score (nSPS) is 49.8. The van der Waals surface area contributed by atoms with Gasteiger partial charge in [0, 0.05) is 0 Å². The second-order valence-corrected chi connectivity index (χ2v) is 13.4. The van der Waals surface area contributed by atoms with E-state index in [4.69, 9.17) is 0 Å². The maximum Gasteiger partial charge on any atom is 0.0622 e. The molecule has 0 spiro atoms. The molecule has 5 saturated carbocycles. The molecular formula is C30H54O. The van der Waals surface area contributed by atoms with Crippen LogP contribution in [0.2, 0.25) is 0 Å². The van der Waals surface area contributed by atoms with Crippen molar-refractivity contribution in [2.75, 3.05) is 0 Å². The molecule has 5 rings (SSSR count). The van der Waals surface area contributed by atoms with E-state index in [0.29, 0.717) is 10.8 Å². The van der Waals surface area contributed by atoms with Gasteiger partial charge in [-0.1, -0.05) is 47.5 Å². The van der Waals surface area contributed by atoms with Crippen LogP contribution < -0.4 is 0 Å². The molecule has 0 aromatic carbocycles. The van der Waals surface area contributed by atoms with Gasteiger partial charge >= 0.3 is 0 Å². The van der Waals surface area contributed by atoms with E-state index >= 15 is 0 Å². The van der Waals surface area contributed by atoms with Gasteiger partial charge in [0.25, 0.3) is 0 Å². The van der Waals surface area contributed by atoms with Gasteiger partial charge in [-0.2, -0.15) is 0 Å². The number of fused-ring (bicyclic) bond motifs is 5. The number of hydrogen-bond acceptors (Lipinski definition) is 1. The first-order valence-electron chi connectivity index (χ1n) is 14.5. The Balaban J connectivity index is 0.00000112. The Labute approximate surface area is 194 Å². The van der Waals surface area contributed by atoms with Crippen molar-refractivity contribution in [2.45, 2.75) is 137 Å². The lowest BCUT2D eigenvalue weighted by Crippen LogP contribution is -2.55. The Hall–Kier alpha value is -0.0400. The largest absolute Gasteiger partial charge is 0.390 e. The summed E-state index contributed by atoms with van der Waals surface area (Å²) in [5.41, 5.74) is 0.772. The van der Waals surface area contributed by atoms with Gasteiger partial charge in [-0.15, -0.1) is 0 Å². The van der Waals surface area contributed by atoms with Crippen molar-refractivity contribution < 1.29 is 5.11 Å². The van der Waals surface area contributed by atoms with Gasteiger partial charge in [0.1, 0.15) is 0 Å². The van der Waals surface area contributed by atoms with Crippen molar-refractivity contribution in [1.82, 2.24) is 0 Å². The van der Waals surface area contributed by atoms with E-state index in [9.17, 15) is 5.11 Å². The number of rotatable bonds is 5. The van der Waals surface area contributed by atoms with Gasteiger partial charge < -0.3 is 5.11 Å². The van der Waals surface area contributed by atoms with Crippen molar-refractivity contribution in [2.24, 2.45) is 52.3 Å². The fourth-order valence-corrected chi connectivity index (χ4v) is 9.60. The fraction of sp³-hybridized carbons (Fsp3) is 1.00. The molecule has 31 heavy (non-hydrogen) atoms. The van der Waals surface area contributed by atoms with Crippen molar-refractivity contribution >= 4 is 0 Å². The van der Waals surface area contributed by atoms with Crippen molar-refractivity contribution in [1.29, 1.82) is 0 Å². The molecule has 9 atom stereocenters. The van der Waals surface area contributed by atoms with Crippen molar-refractivity contribution in [3.8, 4) is 0 Å². The summed E-state index contributed by atoms with van der Waals surface area (Å²) in [5.74, 6) is 6.82. The maximum absolute atomic E-state index is 10.7. The molecule has 5 fully saturated rings. The summed E-state index contributed by atoms with van der Waals surface area (Å²) in [6.07, 6.45) is 19.8. The predicted octanol–water partition coefficient (Wildman–Crippen LogP) is 8.64. The summed E-state index contributed by atoms with van der Waals surface area (Å²) in [4.78, 5) is 0. The quantitative estimate of drug-likeness (QED) is 0.462. The van der Waals surface area contributed by atoms with E-state index in [2.05, 4.69) is 27.7 Å². The number of aliphatic hydroxyl groups is 1. The third-order valence-electron chi connectivity index (χ3n) is 11.8. The summed E-state index contributed by atoms with van der Waals surface area (Å²) >= 11 is 0. The molecule has 180 valence electrons. The average Bonchev–Trinajstić information content (AvgIpc) is 3.54. The fourth-order valence-electron chi connectivity index (χ4n) is 9.60. The van der Waals surface area contributed by atoms with Crippen LogP contribution in [0.25, 0.3) is 0 Å². The summed E-state index contributed by atoms with van der Waals surface area (Å²) in [5, 5.41) is 10.7. The van der Waals surface area contributed by atoms with E-state index in [1.807, 2.05) is 13.8 Å². The van der Waals surface area contributed by atoms with Crippen LogP contribution in [0.5, 0.6) is 0 Å². The monoisotopic (exact) mass is 430 g/mol. The molecule has 0 bridgehead atoms. The topological polar surface area (TPSA) is 20.2 Å². The first kappa shape index (κ1) is 24.1. The van der Waals surface area contributed by atoms with Crippen LogP contribution in [0.4, 0.5) is 0 Å². The SMILES string of the molecule is CC.CC(CCCC1CCC2C3CCC4C[C@@](C)(O)CCC4(C)C3CCC12C)C1CC1. The molecule has 0 aliphatic heterocycles. The predicted molar refractivity (Wildman–Crippen MR) is 133 cm³/mol. The Morgan fingerprint density at radius 2 is 1.52 bits per heavy atom. The Bertz CT molecular complexity index is 606. The molecular weight excluding hydrogens is 376 g/mol. The zero-order valence-corrected chi connectivity index (χ0v) is 21.9. The molecule has 0 radical (unpaired) electrons. The summed E-state index contributed by atoms with van der Waals surface area (Å²) in [6.45, 7) is 14.0. The molecule has 8 unspecified atom stereocenters. The van der Waals surface area contributed by atoms with Gasteiger partial charge in [0.05, 0.1) is 5.60 Å². The maximum atomic E-state index is 10.7. The van der Waals surface area contributed by atoms with E-state index in [1.54, 1.807) is 0 Å². The molecule has 0 saturated heterocycles. The molecule has 5 aliphatic rings. The van der Waals surface area contributed by atoms with E-state index < -0.39 is 5.60 Å². The van der Waals surface area contributed by atoms with Crippen LogP contribution in [0.3, 0.4) is 0 Å². The summed E-state index contributed by atoms with van der Waals surface area (Å²) in [6, 6.07) is 0. The standard InChI is InChI=1S/C28H48O.C2H6/c1-19(20-8-9-20)6-5-7-21-11-13-24-23-12-10-22-18-26(2,29)16-17-28(22,4)25(23)14-15-27(21,24)3;1-2/h19-25,29H,5-18H2,1-4H3;1-2H3/t19?,21?,22?,23?,24?,25?,26-,27?,28?;/m0./s1. The number of hydrogen-bond donors (Lipinski definition) is 1.